The molecule has 0 spiro atoms. The summed E-state index contributed by atoms with van der Waals surface area (Å²) in [4.78, 5) is 13.9. The SMILES string of the molecule is COCC(=O)N(C)C[C@H]1Oc2cc(-c3ccccc3)ccc2S(=O)(=O)N([C@@H](C)CO)C[C@@H]1C. The monoisotopic (exact) mass is 476 g/mol. The van der Waals surface area contributed by atoms with Gasteiger partial charge in [0, 0.05) is 32.7 Å². The smallest absolute Gasteiger partial charge is 0.248 e. The second kappa shape index (κ2) is 10.6. The molecule has 1 aliphatic heterocycles. The molecule has 1 N–H and O–H groups in total. The summed E-state index contributed by atoms with van der Waals surface area (Å²) in [5, 5.41) is 9.75. The van der Waals surface area contributed by atoms with Gasteiger partial charge in [0.25, 0.3) is 0 Å². The summed E-state index contributed by atoms with van der Waals surface area (Å²) in [6.45, 7) is 3.63. The Morgan fingerprint density at radius 2 is 1.94 bits per heavy atom. The zero-order valence-electron chi connectivity index (χ0n) is 19.5. The largest absolute Gasteiger partial charge is 0.487 e. The van der Waals surface area contributed by atoms with Crippen LogP contribution in [-0.4, -0.2) is 81.2 Å². The van der Waals surface area contributed by atoms with Gasteiger partial charge in [-0.25, -0.2) is 8.42 Å². The number of nitrogens with zero attached hydrogens (tertiary/aromatic N) is 2. The maximum Gasteiger partial charge on any atom is 0.248 e. The highest BCUT2D eigenvalue weighted by molar-refractivity contribution is 7.89. The van der Waals surface area contributed by atoms with E-state index < -0.39 is 22.2 Å². The average Bonchev–Trinajstić information content (AvgIpc) is 2.81. The van der Waals surface area contributed by atoms with Crippen LogP contribution in [-0.2, 0) is 19.6 Å². The van der Waals surface area contributed by atoms with E-state index in [1.165, 1.54) is 16.3 Å². The first kappa shape index (κ1) is 25.2. The van der Waals surface area contributed by atoms with Crippen LogP contribution in [0.2, 0.25) is 0 Å². The number of aliphatic hydroxyl groups excluding tert-OH is 1. The van der Waals surface area contributed by atoms with Gasteiger partial charge in [0.05, 0.1) is 13.2 Å². The molecule has 0 saturated heterocycles. The number of benzene rings is 2. The van der Waals surface area contributed by atoms with Crippen LogP contribution in [0.3, 0.4) is 0 Å². The second-order valence-electron chi connectivity index (χ2n) is 8.47. The number of hydrogen-bond acceptors (Lipinski definition) is 6. The predicted molar refractivity (Wildman–Crippen MR) is 125 cm³/mol. The number of fused-ring (bicyclic) bond motifs is 1. The van der Waals surface area contributed by atoms with E-state index >= 15 is 0 Å². The van der Waals surface area contributed by atoms with Crippen molar-refractivity contribution in [2.24, 2.45) is 5.92 Å². The van der Waals surface area contributed by atoms with Crippen LogP contribution in [0.25, 0.3) is 11.1 Å². The van der Waals surface area contributed by atoms with Gasteiger partial charge in [-0.15, -0.1) is 0 Å². The number of aliphatic hydroxyl groups is 1. The molecule has 0 radical (unpaired) electrons. The van der Waals surface area contributed by atoms with Crippen LogP contribution in [0.15, 0.2) is 53.4 Å². The van der Waals surface area contributed by atoms with Crippen LogP contribution >= 0.6 is 0 Å². The molecule has 33 heavy (non-hydrogen) atoms. The van der Waals surface area contributed by atoms with E-state index in [9.17, 15) is 18.3 Å². The van der Waals surface area contributed by atoms with E-state index in [-0.39, 0.29) is 48.8 Å². The minimum Gasteiger partial charge on any atom is -0.487 e. The highest BCUT2D eigenvalue weighted by atomic mass is 32.2. The van der Waals surface area contributed by atoms with E-state index in [4.69, 9.17) is 9.47 Å². The van der Waals surface area contributed by atoms with Crippen LogP contribution in [0.4, 0.5) is 0 Å². The predicted octanol–water partition coefficient (Wildman–Crippen LogP) is 2.23. The maximum atomic E-state index is 13.5. The number of amides is 1. The molecule has 2 aromatic rings. The Bertz CT molecular complexity index is 1060. The molecule has 0 aromatic heterocycles. The average molecular weight is 477 g/mol. The number of ether oxygens (including phenoxy) is 2. The Labute approximate surface area is 195 Å². The third kappa shape index (κ3) is 5.55. The van der Waals surface area contributed by atoms with Crippen LogP contribution in [0, 0.1) is 5.92 Å². The Kier molecular flexibility index (Phi) is 8.12. The standard InChI is InChI=1S/C24H32N2O6S/c1-17-13-26(18(2)15-27)33(29,30)23-11-10-20(19-8-6-5-7-9-19)12-21(23)32-22(17)14-25(3)24(28)16-31-4/h5-12,17-18,22,27H,13-16H2,1-4H3/t17-,18-,22+/m0/s1. The summed E-state index contributed by atoms with van der Waals surface area (Å²) in [7, 11) is -0.787. The number of carbonyl (C=O) groups is 1. The lowest BCUT2D eigenvalue weighted by molar-refractivity contribution is -0.135. The summed E-state index contributed by atoms with van der Waals surface area (Å²) < 4.78 is 39.7. The first-order chi connectivity index (χ1) is 15.7. The number of carbonyl (C=O) groups excluding carboxylic acids is 1. The van der Waals surface area contributed by atoms with Gasteiger partial charge in [-0.1, -0.05) is 43.3 Å². The molecular formula is C24H32N2O6S. The Morgan fingerprint density at radius 3 is 2.58 bits per heavy atom. The zero-order valence-corrected chi connectivity index (χ0v) is 20.3. The van der Waals surface area contributed by atoms with Crippen LogP contribution in [0.1, 0.15) is 13.8 Å². The van der Waals surface area contributed by atoms with E-state index in [1.807, 2.05) is 37.3 Å². The molecule has 9 heteroatoms. The van der Waals surface area contributed by atoms with E-state index in [1.54, 1.807) is 32.2 Å². The molecule has 1 aliphatic rings. The molecule has 0 unspecified atom stereocenters. The third-order valence-corrected chi connectivity index (χ3v) is 7.94. The molecule has 8 nitrogen and oxygen atoms in total. The molecule has 0 bridgehead atoms. The van der Waals surface area contributed by atoms with Crippen LogP contribution < -0.4 is 4.74 Å². The minimum atomic E-state index is -3.91. The maximum absolute atomic E-state index is 13.5. The van der Waals surface area contributed by atoms with Gasteiger partial charge in [-0.3, -0.25) is 4.79 Å². The minimum absolute atomic E-state index is 0.0465. The summed E-state index contributed by atoms with van der Waals surface area (Å²) in [6.07, 6.45) is -0.468. The molecule has 0 saturated carbocycles. The van der Waals surface area contributed by atoms with Crippen molar-refractivity contribution in [3.8, 4) is 16.9 Å². The molecule has 3 rings (SSSR count). The Balaban J connectivity index is 2.08. The highest BCUT2D eigenvalue weighted by Crippen LogP contribution is 2.36. The molecular weight excluding hydrogens is 444 g/mol. The van der Waals surface area contributed by atoms with Gasteiger partial charge in [0.15, 0.2) is 0 Å². The third-order valence-electron chi connectivity index (χ3n) is 5.92. The van der Waals surface area contributed by atoms with E-state index in [0.29, 0.717) is 0 Å². The Morgan fingerprint density at radius 1 is 1.24 bits per heavy atom. The zero-order chi connectivity index (χ0) is 24.2. The van der Waals surface area contributed by atoms with Gasteiger partial charge in [0.2, 0.25) is 15.9 Å². The molecule has 1 heterocycles. The summed E-state index contributed by atoms with van der Waals surface area (Å²) in [5.74, 6) is -0.211. The second-order valence-corrected chi connectivity index (χ2v) is 10.3. The number of methoxy groups -OCH3 is 1. The molecule has 0 aliphatic carbocycles. The molecule has 3 atom stereocenters. The number of hydrogen-bond donors (Lipinski definition) is 1. The fourth-order valence-electron chi connectivity index (χ4n) is 3.86. The number of sulfonamides is 1. The van der Waals surface area contributed by atoms with Crippen LogP contribution in [0.5, 0.6) is 5.75 Å². The van der Waals surface area contributed by atoms with E-state index in [2.05, 4.69) is 0 Å². The van der Waals surface area contributed by atoms with Crippen molar-refractivity contribution in [1.29, 1.82) is 0 Å². The van der Waals surface area contributed by atoms with Gasteiger partial charge in [-0.2, -0.15) is 4.31 Å². The van der Waals surface area contributed by atoms with Crippen molar-refractivity contribution < 1.29 is 27.8 Å². The van der Waals surface area contributed by atoms with Crippen molar-refractivity contribution in [2.45, 2.75) is 30.9 Å². The highest BCUT2D eigenvalue weighted by Gasteiger charge is 2.38. The first-order valence-electron chi connectivity index (χ1n) is 10.9. The lowest BCUT2D eigenvalue weighted by Gasteiger charge is -2.37. The van der Waals surface area contributed by atoms with E-state index in [0.717, 1.165) is 11.1 Å². The van der Waals surface area contributed by atoms with Crippen molar-refractivity contribution >= 4 is 15.9 Å². The lowest BCUT2D eigenvalue weighted by Crippen LogP contribution is -2.50. The molecule has 2 aromatic carbocycles. The van der Waals surface area contributed by atoms with Crippen molar-refractivity contribution in [3.05, 3.63) is 48.5 Å². The first-order valence-corrected chi connectivity index (χ1v) is 12.3. The summed E-state index contributed by atoms with van der Waals surface area (Å²) in [6, 6.07) is 14.1. The van der Waals surface area contributed by atoms with Crippen molar-refractivity contribution in [1.82, 2.24) is 9.21 Å². The van der Waals surface area contributed by atoms with Gasteiger partial charge in [0.1, 0.15) is 23.4 Å². The van der Waals surface area contributed by atoms with Crippen molar-refractivity contribution in [3.63, 3.8) is 0 Å². The normalized spacial score (nSPS) is 21.2. The topological polar surface area (TPSA) is 96.4 Å². The van der Waals surface area contributed by atoms with Gasteiger partial charge in [-0.05, 0) is 30.2 Å². The fourth-order valence-corrected chi connectivity index (χ4v) is 5.68. The summed E-state index contributed by atoms with van der Waals surface area (Å²) in [5.41, 5.74) is 1.75. The molecule has 0 fully saturated rings. The number of rotatable bonds is 7. The number of likely N-dealkylation sites (N-methyl/N-ethyl adjacent to an activating group) is 1. The fraction of sp³-hybridized carbons (Fsp3) is 0.458. The quantitative estimate of drug-likeness (QED) is 0.658. The van der Waals surface area contributed by atoms with Gasteiger partial charge >= 0.3 is 0 Å². The molecule has 1 amide bonds. The van der Waals surface area contributed by atoms with Crippen molar-refractivity contribution in [2.75, 3.05) is 40.5 Å². The van der Waals surface area contributed by atoms with Gasteiger partial charge < -0.3 is 19.5 Å². The summed E-state index contributed by atoms with van der Waals surface area (Å²) >= 11 is 0. The lowest BCUT2D eigenvalue weighted by atomic mass is 10.0. The Hall–Kier alpha value is -2.46. The molecule has 180 valence electrons.